The summed E-state index contributed by atoms with van der Waals surface area (Å²) in [6.45, 7) is 0. The molecular weight excluding hydrogens is 298 g/mol. The van der Waals surface area contributed by atoms with Gasteiger partial charge in [-0.25, -0.2) is 4.98 Å². The number of benzene rings is 1. The van der Waals surface area contributed by atoms with Crippen molar-refractivity contribution in [3.8, 4) is 17.1 Å². The van der Waals surface area contributed by atoms with Gasteiger partial charge in [0.05, 0.1) is 12.8 Å². The fourth-order valence-electron chi connectivity index (χ4n) is 1.87. The summed E-state index contributed by atoms with van der Waals surface area (Å²) in [6, 6.07) is 12.5. The lowest BCUT2D eigenvalue weighted by Gasteiger charge is -2.03. The molecule has 0 aliphatic carbocycles. The molecule has 0 saturated carbocycles. The monoisotopic (exact) mass is 311 g/mol. The summed E-state index contributed by atoms with van der Waals surface area (Å²) < 4.78 is 5.07. The van der Waals surface area contributed by atoms with Crippen molar-refractivity contribution in [2.45, 2.75) is 0 Å². The van der Waals surface area contributed by atoms with Crippen LogP contribution in [0.3, 0.4) is 0 Å². The van der Waals surface area contributed by atoms with E-state index in [2.05, 4.69) is 15.3 Å². The van der Waals surface area contributed by atoms with Crippen LogP contribution in [0.4, 0.5) is 5.13 Å². The molecule has 0 aliphatic heterocycles. The Morgan fingerprint density at radius 3 is 2.64 bits per heavy atom. The molecule has 2 heterocycles. The third-order valence-electron chi connectivity index (χ3n) is 3.00. The second-order valence-electron chi connectivity index (χ2n) is 4.44. The van der Waals surface area contributed by atoms with Crippen LogP contribution in [0.5, 0.6) is 5.75 Å². The van der Waals surface area contributed by atoms with Crippen LogP contribution in [0.15, 0.2) is 54.0 Å². The average molecular weight is 311 g/mol. The number of nitrogens with zero attached hydrogens (tertiary/aromatic N) is 2. The molecule has 6 heteroatoms. The molecule has 22 heavy (non-hydrogen) atoms. The van der Waals surface area contributed by atoms with E-state index in [9.17, 15) is 4.79 Å². The summed E-state index contributed by atoms with van der Waals surface area (Å²) in [7, 11) is 1.59. The quantitative estimate of drug-likeness (QED) is 0.801. The minimum absolute atomic E-state index is 0.204. The molecule has 1 N–H and O–H groups in total. The van der Waals surface area contributed by atoms with Gasteiger partial charge >= 0.3 is 0 Å². The summed E-state index contributed by atoms with van der Waals surface area (Å²) >= 11 is 1.37. The van der Waals surface area contributed by atoms with Crippen molar-refractivity contribution in [2.75, 3.05) is 12.4 Å². The molecule has 0 aliphatic rings. The molecule has 0 spiro atoms. The van der Waals surface area contributed by atoms with E-state index in [0.29, 0.717) is 16.4 Å². The van der Waals surface area contributed by atoms with Gasteiger partial charge < -0.3 is 4.74 Å². The number of amides is 1. The highest BCUT2D eigenvalue weighted by Gasteiger charge is 2.10. The molecule has 110 valence electrons. The number of pyridine rings is 1. The third-order valence-corrected chi connectivity index (χ3v) is 3.76. The smallest absolute Gasteiger partial charge is 0.257 e. The van der Waals surface area contributed by atoms with Crippen LogP contribution in [0.25, 0.3) is 11.4 Å². The Bertz CT molecular complexity index is 770. The first-order valence-electron chi connectivity index (χ1n) is 6.58. The lowest BCUT2D eigenvalue weighted by molar-refractivity contribution is 0.102. The van der Waals surface area contributed by atoms with Gasteiger partial charge in [0.1, 0.15) is 11.4 Å². The normalized spacial score (nSPS) is 10.2. The Kier molecular flexibility index (Phi) is 4.11. The standard InChI is InChI=1S/C16H13N3O2S/c1-21-12-7-5-11(6-8-12)15(20)19-16-18-14(10-22-16)13-4-2-3-9-17-13/h2-10H,1H3,(H,18,19,20). The fourth-order valence-corrected chi connectivity index (χ4v) is 2.57. The maximum atomic E-state index is 12.2. The molecule has 0 atom stereocenters. The van der Waals surface area contributed by atoms with Gasteiger partial charge in [-0.3, -0.25) is 15.1 Å². The molecule has 0 unspecified atom stereocenters. The highest BCUT2D eigenvalue weighted by atomic mass is 32.1. The van der Waals surface area contributed by atoms with Crippen LogP contribution in [0.1, 0.15) is 10.4 Å². The summed E-state index contributed by atoms with van der Waals surface area (Å²) in [4.78, 5) is 20.8. The highest BCUT2D eigenvalue weighted by molar-refractivity contribution is 7.14. The molecule has 0 fully saturated rings. The molecule has 3 aromatic rings. The lowest BCUT2D eigenvalue weighted by atomic mass is 10.2. The summed E-state index contributed by atoms with van der Waals surface area (Å²) in [5.41, 5.74) is 2.08. The van der Waals surface area contributed by atoms with Crippen LogP contribution in [-0.4, -0.2) is 23.0 Å². The van der Waals surface area contributed by atoms with Gasteiger partial charge in [-0.05, 0) is 36.4 Å². The number of hydrogen-bond acceptors (Lipinski definition) is 5. The van der Waals surface area contributed by atoms with Crippen molar-refractivity contribution in [3.63, 3.8) is 0 Å². The summed E-state index contributed by atoms with van der Waals surface area (Å²) in [5, 5.41) is 5.20. The van der Waals surface area contributed by atoms with Gasteiger partial charge in [-0.2, -0.15) is 0 Å². The molecule has 0 radical (unpaired) electrons. The number of methoxy groups -OCH3 is 1. The highest BCUT2D eigenvalue weighted by Crippen LogP contribution is 2.23. The SMILES string of the molecule is COc1ccc(C(=O)Nc2nc(-c3ccccn3)cs2)cc1. The fraction of sp³-hybridized carbons (Fsp3) is 0.0625. The largest absolute Gasteiger partial charge is 0.497 e. The van der Waals surface area contributed by atoms with Gasteiger partial charge in [0.2, 0.25) is 0 Å². The third kappa shape index (κ3) is 3.12. The Labute approximate surface area is 131 Å². The van der Waals surface area contributed by atoms with Gasteiger partial charge in [-0.15, -0.1) is 11.3 Å². The molecule has 1 aromatic carbocycles. The number of ether oxygens (including phenoxy) is 1. The zero-order chi connectivity index (χ0) is 15.4. The lowest BCUT2D eigenvalue weighted by Crippen LogP contribution is -2.11. The Morgan fingerprint density at radius 2 is 1.95 bits per heavy atom. The van der Waals surface area contributed by atoms with Gasteiger partial charge in [0, 0.05) is 17.1 Å². The van der Waals surface area contributed by atoms with E-state index in [1.807, 2.05) is 23.6 Å². The van der Waals surface area contributed by atoms with Crippen molar-refractivity contribution in [2.24, 2.45) is 0 Å². The minimum Gasteiger partial charge on any atom is -0.497 e. The molecule has 3 rings (SSSR count). The molecule has 2 aromatic heterocycles. The van der Waals surface area contributed by atoms with E-state index >= 15 is 0 Å². The van der Waals surface area contributed by atoms with Crippen molar-refractivity contribution < 1.29 is 9.53 Å². The Morgan fingerprint density at radius 1 is 1.14 bits per heavy atom. The van der Waals surface area contributed by atoms with Gasteiger partial charge in [-0.1, -0.05) is 6.07 Å². The number of nitrogens with one attached hydrogen (secondary N) is 1. The molecule has 1 amide bonds. The number of thiazole rings is 1. The van der Waals surface area contributed by atoms with Crippen molar-refractivity contribution in [1.29, 1.82) is 0 Å². The van der Waals surface area contributed by atoms with Crippen LogP contribution in [0, 0.1) is 0 Å². The predicted molar refractivity (Wildman–Crippen MR) is 86.3 cm³/mol. The summed E-state index contributed by atoms with van der Waals surface area (Å²) in [6.07, 6.45) is 1.71. The van der Waals surface area contributed by atoms with Crippen molar-refractivity contribution >= 4 is 22.4 Å². The van der Waals surface area contributed by atoms with Crippen LogP contribution in [-0.2, 0) is 0 Å². The maximum Gasteiger partial charge on any atom is 0.257 e. The number of hydrogen-bond donors (Lipinski definition) is 1. The molecular formula is C16H13N3O2S. The molecule has 5 nitrogen and oxygen atoms in total. The van der Waals surface area contributed by atoms with Gasteiger partial charge in [0.15, 0.2) is 5.13 Å². The topological polar surface area (TPSA) is 64.1 Å². The summed E-state index contributed by atoms with van der Waals surface area (Å²) in [5.74, 6) is 0.507. The van der Waals surface area contributed by atoms with Gasteiger partial charge in [0.25, 0.3) is 5.91 Å². The van der Waals surface area contributed by atoms with Crippen molar-refractivity contribution in [3.05, 3.63) is 59.6 Å². The van der Waals surface area contributed by atoms with Crippen LogP contribution in [0.2, 0.25) is 0 Å². The van der Waals surface area contributed by atoms with E-state index in [1.165, 1.54) is 11.3 Å². The molecule has 0 bridgehead atoms. The maximum absolute atomic E-state index is 12.2. The first kappa shape index (κ1) is 14.2. The van der Waals surface area contributed by atoms with E-state index in [1.54, 1.807) is 37.6 Å². The molecule has 0 saturated heterocycles. The average Bonchev–Trinajstić information content (AvgIpc) is 3.04. The Balaban J connectivity index is 1.73. The number of anilines is 1. The van der Waals surface area contributed by atoms with E-state index in [0.717, 1.165) is 11.4 Å². The zero-order valence-electron chi connectivity index (χ0n) is 11.8. The minimum atomic E-state index is -0.204. The second kappa shape index (κ2) is 6.36. The first-order valence-corrected chi connectivity index (χ1v) is 7.46. The van der Waals surface area contributed by atoms with E-state index < -0.39 is 0 Å². The van der Waals surface area contributed by atoms with Crippen molar-refractivity contribution in [1.82, 2.24) is 9.97 Å². The number of carbonyl (C=O) groups is 1. The Hall–Kier alpha value is -2.73. The van der Waals surface area contributed by atoms with Crippen LogP contribution >= 0.6 is 11.3 Å². The van der Waals surface area contributed by atoms with Crippen LogP contribution < -0.4 is 10.1 Å². The predicted octanol–water partition coefficient (Wildman–Crippen LogP) is 3.47. The van der Waals surface area contributed by atoms with E-state index in [-0.39, 0.29) is 5.91 Å². The second-order valence-corrected chi connectivity index (χ2v) is 5.29. The number of carbonyl (C=O) groups excluding carboxylic acids is 1. The number of aromatic nitrogens is 2. The van der Waals surface area contributed by atoms with E-state index in [4.69, 9.17) is 4.74 Å². The number of rotatable bonds is 4. The first-order chi connectivity index (χ1) is 10.8. The zero-order valence-corrected chi connectivity index (χ0v) is 12.6.